The van der Waals surface area contributed by atoms with Gasteiger partial charge < -0.3 is 24.1 Å². The van der Waals surface area contributed by atoms with Gasteiger partial charge in [-0.3, -0.25) is 4.57 Å². The Bertz CT molecular complexity index is 1130. The highest BCUT2D eigenvalue weighted by Gasteiger charge is 2.58. The molecule has 3 aromatic rings. The number of imidazole rings is 1. The maximum absolute atomic E-state index is 6.33. The summed E-state index contributed by atoms with van der Waals surface area (Å²) < 4.78 is 25.8. The van der Waals surface area contributed by atoms with Gasteiger partial charge in [-0.2, -0.15) is 15.0 Å². The molecule has 2 aliphatic rings. The van der Waals surface area contributed by atoms with Crippen LogP contribution in [0.5, 0.6) is 0 Å². The molecular formula is C20H26ClN7O4. The van der Waals surface area contributed by atoms with E-state index in [0.717, 1.165) is 12.8 Å². The van der Waals surface area contributed by atoms with E-state index in [1.54, 1.807) is 17.8 Å². The topological polar surface area (TPSA) is 122 Å². The molecule has 0 saturated carbocycles. The maximum Gasteiger partial charge on any atom is 0.258 e. The number of hydrogen-bond donors (Lipinski definition) is 1. The fourth-order valence-corrected chi connectivity index (χ4v) is 4.46. The summed E-state index contributed by atoms with van der Waals surface area (Å²) in [6, 6.07) is 0.249. The molecule has 0 radical (unpaired) electrons. The molecule has 32 heavy (non-hydrogen) atoms. The van der Waals surface area contributed by atoms with Gasteiger partial charge in [-0.25, -0.2) is 4.98 Å². The Morgan fingerprint density at radius 1 is 1.16 bits per heavy atom. The van der Waals surface area contributed by atoms with Crippen LogP contribution in [0.25, 0.3) is 11.2 Å². The zero-order valence-electron chi connectivity index (χ0n) is 18.6. The van der Waals surface area contributed by atoms with Crippen LogP contribution in [0.3, 0.4) is 0 Å². The van der Waals surface area contributed by atoms with E-state index in [1.165, 1.54) is 0 Å². The number of nitrogens with zero attached hydrogens (tertiary/aromatic N) is 6. The van der Waals surface area contributed by atoms with E-state index in [1.807, 2.05) is 13.8 Å². The third-order valence-corrected chi connectivity index (χ3v) is 5.98. The molecule has 172 valence electrons. The lowest BCUT2D eigenvalue weighted by Crippen LogP contribution is -2.27. The van der Waals surface area contributed by atoms with Crippen LogP contribution in [-0.4, -0.2) is 53.7 Å². The van der Waals surface area contributed by atoms with Crippen LogP contribution in [0.1, 0.15) is 64.6 Å². The van der Waals surface area contributed by atoms with Crippen molar-refractivity contribution in [1.82, 2.24) is 29.7 Å². The first kappa shape index (κ1) is 21.5. The zero-order chi connectivity index (χ0) is 22.6. The Kier molecular flexibility index (Phi) is 5.31. The van der Waals surface area contributed by atoms with Crippen LogP contribution >= 0.6 is 11.6 Å². The molecule has 0 spiro atoms. The molecule has 1 N–H and O–H groups in total. The smallest absolute Gasteiger partial charge is 0.258 e. The van der Waals surface area contributed by atoms with Crippen LogP contribution in [0.4, 0.5) is 5.82 Å². The number of ether oxygens (including phenoxy) is 3. The molecule has 2 aliphatic heterocycles. The second-order valence-corrected chi connectivity index (χ2v) is 8.85. The van der Waals surface area contributed by atoms with Gasteiger partial charge in [0.15, 0.2) is 40.9 Å². The summed E-state index contributed by atoms with van der Waals surface area (Å²) in [5.74, 6) is 0.659. The van der Waals surface area contributed by atoms with E-state index in [2.05, 4.69) is 44.3 Å². The first-order valence-electron chi connectivity index (χ1n) is 10.8. The molecule has 0 aliphatic carbocycles. The molecule has 5 rings (SSSR count). The molecule has 2 fully saturated rings. The fraction of sp³-hybridized carbons (Fsp3) is 0.650. The van der Waals surface area contributed by atoms with Crippen LogP contribution in [0.2, 0.25) is 5.28 Å². The highest BCUT2D eigenvalue weighted by atomic mass is 35.5. The average Bonchev–Trinajstić information content (AvgIpc) is 3.48. The van der Waals surface area contributed by atoms with Crippen LogP contribution in [0, 0.1) is 6.92 Å². The van der Waals surface area contributed by atoms with Crippen molar-refractivity contribution in [3.8, 4) is 0 Å². The van der Waals surface area contributed by atoms with Crippen molar-refractivity contribution in [3.63, 3.8) is 0 Å². The van der Waals surface area contributed by atoms with Crippen molar-refractivity contribution in [2.24, 2.45) is 0 Å². The van der Waals surface area contributed by atoms with Gasteiger partial charge in [0.25, 0.3) is 5.89 Å². The lowest BCUT2D eigenvalue weighted by Gasteiger charge is -2.24. The summed E-state index contributed by atoms with van der Waals surface area (Å²) in [6.45, 7) is 9.71. The van der Waals surface area contributed by atoms with Gasteiger partial charge in [-0.15, -0.1) is 0 Å². The van der Waals surface area contributed by atoms with Gasteiger partial charge in [-0.1, -0.05) is 19.0 Å². The van der Waals surface area contributed by atoms with Gasteiger partial charge in [0.05, 0.1) is 6.33 Å². The Hall–Kier alpha value is -2.34. The number of fused-ring (bicyclic) bond motifs is 2. The number of nitrogens with one attached hydrogen (secondary N) is 1. The monoisotopic (exact) mass is 463 g/mol. The quantitative estimate of drug-likeness (QED) is 0.542. The summed E-state index contributed by atoms with van der Waals surface area (Å²) in [5, 5.41) is 7.43. The molecule has 3 aromatic heterocycles. The normalized spacial score (nSPS) is 26.8. The van der Waals surface area contributed by atoms with Gasteiger partial charge in [-0.05, 0) is 45.2 Å². The Balaban J connectivity index is 1.55. The van der Waals surface area contributed by atoms with Crippen molar-refractivity contribution in [2.45, 2.75) is 83.8 Å². The molecule has 5 heterocycles. The van der Waals surface area contributed by atoms with E-state index in [4.69, 9.17) is 30.3 Å². The Labute approximate surface area is 189 Å². The van der Waals surface area contributed by atoms with Crippen molar-refractivity contribution < 1.29 is 18.7 Å². The molecule has 0 bridgehead atoms. The highest BCUT2D eigenvalue weighted by molar-refractivity contribution is 6.28. The number of anilines is 1. The number of rotatable bonds is 6. The molecular weight excluding hydrogens is 438 g/mol. The zero-order valence-corrected chi connectivity index (χ0v) is 19.3. The lowest BCUT2D eigenvalue weighted by atomic mass is 10.1. The fourth-order valence-electron chi connectivity index (χ4n) is 4.29. The predicted molar refractivity (Wildman–Crippen MR) is 114 cm³/mol. The van der Waals surface area contributed by atoms with Crippen LogP contribution < -0.4 is 5.32 Å². The van der Waals surface area contributed by atoms with Crippen LogP contribution in [-0.2, 0) is 14.2 Å². The molecule has 0 unspecified atom stereocenters. The maximum atomic E-state index is 6.33. The SMILES string of the molecule is CCC(CC)Nc1nc(Cl)nc2c1ncn2[C@@H]1O[C@H](c2nc(C)no2)[C@H]2OC(C)(C)O[C@H]21. The number of aromatic nitrogens is 6. The summed E-state index contributed by atoms with van der Waals surface area (Å²) >= 11 is 6.28. The predicted octanol–water partition coefficient (Wildman–Crippen LogP) is 3.56. The third kappa shape index (κ3) is 3.62. The number of halogens is 1. The first-order chi connectivity index (χ1) is 15.3. The van der Waals surface area contributed by atoms with E-state index in [9.17, 15) is 0 Å². The number of aryl methyl sites for hydroxylation is 1. The Morgan fingerprint density at radius 3 is 2.59 bits per heavy atom. The molecule has 0 aromatic carbocycles. The molecule has 0 amide bonds. The van der Waals surface area contributed by atoms with Crippen molar-refractivity contribution >= 4 is 28.6 Å². The number of hydrogen-bond acceptors (Lipinski definition) is 10. The third-order valence-electron chi connectivity index (χ3n) is 5.81. The standard InChI is InChI=1S/C20H26ClN7O4/c1-6-10(7-2)24-15-11-16(26-19(21)25-15)28(8-22-11)18-14-12(30-20(4,5)31-14)13(29-18)17-23-9(3)27-32-17/h8,10,12-14,18H,6-7H2,1-5H3,(H,24,25,26)/t12-,13+,14-,18-/m1/s1. The molecule has 2 saturated heterocycles. The summed E-state index contributed by atoms with van der Waals surface area (Å²) in [4.78, 5) is 17.7. The largest absolute Gasteiger partial charge is 0.365 e. The molecule has 11 nitrogen and oxygen atoms in total. The summed E-state index contributed by atoms with van der Waals surface area (Å²) in [5.41, 5.74) is 1.15. The Morgan fingerprint density at radius 2 is 1.91 bits per heavy atom. The van der Waals surface area contributed by atoms with Gasteiger partial charge >= 0.3 is 0 Å². The summed E-state index contributed by atoms with van der Waals surface area (Å²) in [6.07, 6.45) is 1.49. The van der Waals surface area contributed by atoms with Crippen molar-refractivity contribution in [3.05, 3.63) is 23.3 Å². The van der Waals surface area contributed by atoms with E-state index >= 15 is 0 Å². The first-order valence-corrected chi connectivity index (χ1v) is 11.1. The lowest BCUT2D eigenvalue weighted by molar-refractivity contribution is -0.199. The van der Waals surface area contributed by atoms with E-state index in [0.29, 0.717) is 28.7 Å². The molecule has 12 heteroatoms. The minimum atomic E-state index is -0.796. The summed E-state index contributed by atoms with van der Waals surface area (Å²) in [7, 11) is 0. The van der Waals surface area contributed by atoms with E-state index < -0.39 is 30.3 Å². The van der Waals surface area contributed by atoms with Gasteiger partial charge in [0.1, 0.15) is 12.2 Å². The second-order valence-electron chi connectivity index (χ2n) is 8.51. The molecule has 4 atom stereocenters. The second kappa shape index (κ2) is 7.91. The average molecular weight is 464 g/mol. The van der Waals surface area contributed by atoms with Gasteiger partial charge in [0, 0.05) is 6.04 Å². The van der Waals surface area contributed by atoms with E-state index in [-0.39, 0.29) is 11.3 Å². The highest BCUT2D eigenvalue weighted by Crippen LogP contribution is 2.49. The van der Waals surface area contributed by atoms with Crippen molar-refractivity contribution in [2.75, 3.05) is 5.32 Å². The van der Waals surface area contributed by atoms with Crippen LogP contribution in [0.15, 0.2) is 10.9 Å². The minimum absolute atomic E-state index is 0.121. The minimum Gasteiger partial charge on any atom is -0.365 e. The van der Waals surface area contributed by atoms with Crippen molar-refractivity contribution in [1.29, 1.82) is 0 Å². The van der Waals surface area contributed by atoms with Gasteiger partial charge in [0.2, 0.25) is 5.28 Å².